The zero-order valence-corrected chi connectivity index (χ0v) is 23.5. The Morgan fingerprint density at radius 3 is 2.00 bits per heavy atom. The van der Waals surface area contributed by atoms with E-state index in [-0.39, 0.29) is 17.8 Å². The Hall–Kier alpha value is -5.22. The molecule has 3 N–H and O–H groups in total. The summed E-state index contributed by atoms with van der Waals surface area (Å²) < 4.78 is 68.0. The number of hydrogen-bond donors (Lipinski definition) is 3. The summed E-state index contributed by atoms with van der Waals surface area (Å²) in [5.74, 6) is -1.56. The molecule has 0 unspecified atom stereocenters. The van der Waals surface area contributed by atoms with E-state index in [0.717, 1.165) is 5.69 Å². The first-order valence-corrected chi connectivity index (χ1v) is 12.1. The van der Waals surface area contributed by atoms with Crippen LogP contribution in [0.1, 0.15) is 42.4 Å². The Kier molecular flexibility index (Phi) is 13.7. The number of carbonyl (C=O) groups is 3. The number of amides is 1. The number of benzene rings is 1. The number of carbonyl (C=O) groups excluding carboxylic acids is 1. The minimum absolute atomic E-state index is 0.0384. The number of aliphatic carboxylic acids is 1. The van der Waals surface area contributed by atoms with Crippen molar-refractivity contribution in [1.29, 1.82) is 0 Å². The third-order valence-corrected chi connectivity index (χ3v) is 4.90. The maximum absolute atomic E-state index is 12.6. The molecule has 0 saturated heterocycles. The molecule has 11 nitrogen and oxygen atoms in total. The molecule has 4 rings (SSSR count). The highest BCUT2D eigenvalue weighted by Crippen LogP contribution is 2.23. The van der Waals surface area contributed by atoms with Crippen molar-refractivity contribution in [1.82, 2.24) is 19.6 Å². The normalized spacial score (nSPS) is 10.7. The van der Waals surface area contributed by atoms with Gasteiger partial charge in [0.2, 0.25) is 5.88 Å². The number of fused-ring (bicyclic) bond motifs is 1. The molecule has 0 aliphatic carbocycles. The number of pyridine rings is 1. The second kappa shape index (κ2) is 16.4. The van der Waals surface area contributed by atoms with E-state index in [1.165, 1.54) is 5.56 Å². The lowest BCUT2D eigenvalue weighted by Gasteiger charge is -2.18. The van der Waals surface area contributed by atoms with Gasteiger partial charge in [0.15, 0.2) is 11.5 Å². The third kappa shape index (κ3) is 13.2. The average molecular weight is 632 g/mol. The maximum Gasteiger partial charge on any atom is 0.490 e. The van der Waals surface area contributed by atoms with Crippen molar-refractivity contribution in [3.63, 3.8) is 0 Å². The monoisotopic (exact) mass is 631 g/mol. The first-order valence-electron chi connectivity index (χ1n) is 12.1. The molecule has 0 spiro atoms. The molecule has 0 bridgehead atoms. The van der Waals surface area contributed by atoms with Crippen molar-refractivity contribution in [2.45, 2.75) is 46.0 Å². The van der Waals surface area contributed by atoms with Crippen LogP contribution in [0.2, 0.25) is 0 Å². The summed E-state index contributed by atoms with van der Waals surface area (Å²) in [5, 5.41) is 21.2. The first kappa shape index (κ1) is 36.8. The summed E-state index contributed by atoms with van der Waals surface area (Å²) in [6.45, 7) is 4.41. The molecule has 4 aromatic rings. The molecule has 17 heteroatoms. The van der Waals surface area contributed by atoms with Crippen LogP contribution in [0.5, 0.6) is 11.6 Å². The largest absolute Gasteiger partial charge is 0.490 e. The highest BCUT2D eigenvalue weighted by molar-refractivity contribution is 6.03. The summed E-state index contributed by atoms with van der Waals surface area (Å²) in [4.78, 5) is 38.4. The van der Waals surface area contributed by atoms with Gasteiger partial charge in [0.1, 0.15) is 5.75 Å². The topological polar surface area (TPSA) is 156 Å². The van der Waals surface area contributed by atoms with E-state index < -0.39 is 18.8 Å². The molecule has 0 radical (unpaired) electrons. The van der Waals surface area contributed by atoms with Gasteiger partial charge >= 0.3 is 18.8 Å². The van der Waals surface area contributed by atoms with E-state index in [9.17, 15) is 31.1 Å². The number of hydrogen-bond acceptors (Lipinski definition) is 7. The van der Waals surface area contributed by atoms with Crippen LogP contribution in [0.15, 0.2) is 60.9 Å². The molecular formula is C27H27F6N5O6. The van der Waals surface area contributed by atoms with Crippen molar-refractivity contribution >= 4 is 29.8 Å². The van der Waals surface area contributed by atoms with Crippen LogP contribution < -0.4 is 10.1 Å². The van der Waals surface area contributed by atoms with Gasteiger partial charge in [-0.2, -0.15) is 26.3 Å². The zero-order valence-electron chi connectivity index (χ0n) is 23.5. The lowest BCUT2D eigenvalue weighted by Crippen LogP contribution is -2.21. The number of nitrogens with one attached hydrogen (secondary N) is 1. The number of imidazole rings is 1. The molecule has 0 aliphatic rings. The molecule has 3 aromatic heterocycles. The van der Waals surface area contributed by atoms with Gasteiger partial charge in [-0.05, 0) is 48.2 Å². The fourth-order valence-electron chi connectivity index (χ4n) is 2.92. The quantitative estimate of drug-likeness (QED) is 0.174. The standard InChI is InChI=1S/C23H23N5O2.C2HF3O2.CHF3.CH2O2/c1-15-5-10-18(13-24-15)30-21-12-11-20-25-19(14-28(20)27-21)26-22(29)16-6-8-17(9-7-16)23(2,3)4;3-2(4,5)1(6)7;2-1(3)4;2-1-3/h5-14H,1-4H3,(H,26,29);(H,6,7);1H;1H,(H,2,3). The Balaban J connectivity index is 0.000000581. The number of nitrogens with zero attached hydrogens (tertiary/aromatic N) is 4. The van der Waals surface area contributed by atoms with Gasteiger partial charge in [0.05, 0.1) is 12.4 Å². The number of aromatic nitrogens is 4. The van der Waals surface area contributed by atoms with Crippen LogP contribution in [0.3, 0.4) is 0 Å². The number of alkyl halides is 6. The molecule has 3 heterocycles. The first-order chi connectivity index (χ1) is 20.4. The van der Waals surface area contributed by atoms with Crippen molar-refractivity contribution < 1.29 is 55.7 Å². The molecule has 0 saturated carbocycles. The second-order valence-electron chi connectivity index (χ2n) is 9.28. The highest BCUT2D eigenvalue weighted by Gasteiger charge is 2.38. The Bertz CT molecular complexity index is 1500. The molecular weight excluding hydrogens is 604 g/mol. The lowest BCUT2D eigenvalue weighted by atomic mass is 9.87. The van der Waals surface area contributed by atoms with Crippen LogP contribution in [-0.2, 0) is 15.0 Å². The Morgan fingerprint density at radius 1 is 1.00 bits per heavy atom. The zero-order chi connectivity index (χ0) is 33.7. The van der Waals surface area contributed by atoms with Crippen LogP contribution in [0, 0.1) is 6.92 Å². The molecule has 0 atom stereocenters. The second-order valence-corrected chi connectivity index (χ2v) is 9.28. The highest BCUT2D eigenvalue weighted by atomic mass is 19.4. The number of carboxylic acids is 1. The van der Waals surface area contributed by atoms with E-state index in [1.54, 1.807) is 29.0 Å². The lowest BCUT2D eigenvalue weighted by molar-refractivity contribution is -0.192. The summed E-state index contributed by atoms with van der Waals surface area (Å²) in [6.07, 6.45) is -1.79. The van der Waals surface area contributed by atoms with E-state index in [1.807, 2.05) is 43.3 Å². The predicted octanol–water partition coefficient (Wildman–Crippen LogP) is 6.29. The van der Waals surface area contributed by atoms with Gasteiger partial charge in [-0.1, -0.05) is 32.9 Å². The van der Waals surface area contributed by atoms with Gasteiger partial charge in [-0.25, -0.2) is 14.3 Å². The van der Waals surface area contributed by atoms with Gasteiger partial charge in [-0.3, -0.25) is 14.6 Å². The molecule has 0 fully saturated rings. The summed E-state index contributed by atoms with van der Waals surface area (Å²) >= 11 is 0. The van der Waals surface area contributed by atoms with Crippen molar-refractivity contribution in [2.24, 2.45) is 0 Å². The molecule has 1 aromatic carbocycles. The fraction of sp³-hybridized carbons (Fsp3) is 0.259. The van der Waals surface area contributed by atoms with Gasteiger partial charge < -0.3 is 20.3 Å². The minimum Gasteiger partial charge on any atom is -0.483 e. The maximum atomic E-state index is 12.6. The number of carboxylic acid groups (broad SMARTS) is 2. The van der Waals surface area contributed by atoms with Gasteiger partial charge in [0, 0.05) is 17.3 Å². The number of halogens is 6. The van der Waals surface area contributed by atoms with Crippen molar-refractivity contribution in [3.05, 3.63) is 77.7 Å². The van der Waals surface area contributed by atoms with E-state index in [4.69, 9.17) is 24.5 Å². The summed E-state index contributed by atoms with van der Waals surface area (Å²) in [7, 11) is 0. The molecule has 44 heavy (non-hydrogen) atoms. The number of rotatable bonds is 4. The molecule has 1 amide bonds. The van der Waals surface area contributed by atoms with E-state index in [2.05, 4.69) is 41.2 Å². The van der Waals surface area contributed by atoms with Gasteiger partial charge in [0.25, 0.3) is 12.4 Å². The Labute approximate surface area is 246 Å². The summed E-state index contributed by atoms with van der Waals surface area (Å²) in [5.41, 5.74) is 3.30. The number of ether oxygens (including phenoxy) is 1. The molecule has 0 aliphatic heterocycles. The van der Waals surface area contributed by atoms with Crippen LogP contribution >= 0.6 is 0 Å². The summed E-state index contributed by atoms with van der Waals surface area (Å²) in [6, 6.07) is 14.8. The number of anilines is 1. The number of aryl methyl sites for hydroxylation is 1. The van der Waals surface area contributed by atoms with E-state index in [0.29, 0.717) is 28.7 Å². The fourth-order valence-corrected chi connectivity index (χ4v) is 2.92. The average Bonchev–Trinajstić information content (AvgIpc) is 3.31. The van der Waals surface area contributed by atoms with Gasteiger partial charge in [-0.15, -0.1) is 5.10 Å². The Morgan fingerprint density at radius 2 is 1.55 bits per heavy atom. The van der Waals surface area contributed by atoms with Crippen molar-refractivity contribution in [3.8, 4) is 11.6 Å². The minimum atomic E-state index is -5.08. The third-order valence-electron chi connectivity index (χ3n) is 4.90. The van der Waals surface area contributed by atoms with Crippen molar-refractivity contribution in [2.75, 3.05) is 5.32 Å². The van der Waals surface area contributed by atoms with E-state index >= 15 is 0 Å². The smallest absolute Gasteiger partial charge is 0.483 e. The SMILES string of the molecule is Cc1ccc(Oc2ccc3nc(NC(=O)c4ccc(C(C)(C)C)cc4)cn3n2)cn1.FC(F)F.O=C(O)C(F)(F)F.O=CO. The molecule has 238 valence electrons. The predicted molar refractivity (Wildman–Crippen MR) is 145 cm³/mol. The van der Waals surface area contributed by atoms with Crippen LogP contribution in [0.25, 0.3) is 5.65 Å². The van der Waals surface area contributed by atoms with Crippen LogP contribution in [0.4, 0.5) is 32.2 Å². The van der Waals surface area contributed by atoms with Crippen LogP contribution in [-0.4, -0.2) is 61.0 Å².